The van der Waals surface area contributed by atoms with Gasteiger partial charge in [0.2, 0.25) is 5.95 Å². The molecule has 0 spiro atoms. The van der Waals surface area contributed by atoms with E-state index in [1.165, 1.54) is 0 Å². The first kappa shape index (κ1) is 15.5. The lowest BCUT2D eigenvalue weighted by atomic mass is 10.1. The Bertz CT molecular complexity index is 1000. The molecule has 1 aromatic heterocycles. The minimum atomic E-state index is -3.61. The highest BCUT2D eigenvalue weighted by Crippen LogP contribution is 2.28. The Morgan fingerprint density at radius 1 is 1.04 bits per heavy atom. The molecule has 1 fully saturated rings. The summed E-state index contributed by atoms with van der Waals surface area (Å²) in [6, 6.07) is 10.4. The highest BCUT2D eigenvalue weighted by Gasteiger charge is 2.33. The van der Waals surface area contributed by atoms with E-state index in [9.17, 15) is 8.42 Å². The summed E-state index contributed by atoms with van der Waals surface area (Å²) in [5.41, 5.74) is 0.978. The monoisotopic (exact) mass is 354 g/mol. The molecule has 9 heteroatoms. The SMILES string of the molecule is N#Cc1ccnc(N2CCN(C3=NS(=O)(=O)c4ccccc43)CC2)n1. The van der Waals surface area contributed by atoms with Crippen LogP contribution in [0.15, 0.2) is 45.8 Å². The molecule has 25 heavy (non-hydrogen) atoms. The largest absolute Gasteiger partial charge is 0.352 e. The summed E-state index contributed by atoms with van der Waals surface area (Å²) in [6.07, 6.45) is 1.57. The fraction of sp³-hybridized carbons (Fsp3) is 0.250. The number of sulfonamides is 1. The summed E-state index contributed by atoms with van der Waals surface area (Å²) in [4.78, 5) is 12.6. The van der Waals surface area contributed by atoms with Gasteiger partial charge in [0.25, 0.3) is 10.0 Å². The third-order valence-corrected chi connectivity index (χ3v) is 5.56. The Hall–Kier alpha value is -2.99. The summed E-state index contributed by atoms with van der Waals surface area (Å²) in [7, 11) is -3.61. The molecule has 0 saturated carbocycles. The maximum Gasteiger partial charge on any atom is 0.285 e. The fourth-order valence-electron chi connectivity index (χ4n) is 3.00. The second kappa shape index (κ2) is 5.82. The van der Waals surface area contributed by atoms with Crippen LogP contribution in [0.5, 0.6) is 0 Å². The average Bonchev–Trinajstić information content (AvgIpc) is 2.93. The lowest BCUT2D eigenvalue weighted by Gasteiger charge is -2.35. The number of amidine groups is 1. The van der Waals surface area contributed by atoms with Gasteiger partial charge >= 0.3 is 0 Å². The van der Waals surface area contributed by atoms with E-state index in [0.717, 1.165) is 0 Å². The number of aromatic nitrogens is 2. The molecule has 0 amide bonds. The number of nitrogens with zero attached hydrogens (tertiary/aromatic N) is 6. The summed E-state index contributed by atoms with van der Waals surface area (Å²) in [5.74, 6) is 1.02. The molecule has 0 N–H and O–H groups in total. The van der Waals surface area contributed by atoms with E-state index in [4.69, 9.17) is 5.26 Å². The van der Waals surface area contributed by atoms with Crippen molar-refractivity contribution < 1.29 is 8.42 Å². The van der Waals surface area contributed by atoms with Crippen molar-refractivity contribution in [1.29, 1.82) is 5.26 Å². The predicted octanol–water partition coefficient (Wildman–Crippen LogP) is 0.619. The van der Waals surface area contributed by atoms with Gasteiger partial charge in [0.15, 0.2) is 5.84 Å². The summed E-state index contributed by atoms with van der Waals surface area (Å²) in [6.45, 7) is 2.44. The number of anilines is 1. The molecule has 3 heterocycles. The van der Waals surface area contributed by atoms with Crippen molar-refractivity contribution in [3.05, 3.63) is 47.8 Å². The predicted molar refractivity (Wildman–Crippen MR) is 90.7 cm³/mol. The van der Waals surface area contributed by atoms with Crippen LogP contribution in [0.1, 0.15) is 11.3 Å². The second-order valence-corrected chi connectivity index (χ2v) is 7.29. The molecule has 0 aliphatic carbocycles. The van der Waals surface area contributed by atoms with Crippen molar-refractivity contribution in [2.24, 2.45) is 4.40 Å². The highest BCUT2D eigenvalue weighted by molar-refractivity contribution is 7.90. The summed E-state index contributed by atoms with van der Waals surface area (Å²) < 4.78 is 28.3. The maximum absolute atomic E-state index is 12.2. The minimum Gasteiger partial charge on any atom is -0.352 e. The molecule has 1 aromatic carbocycles. The number of fused-ring (bicyclic) bond motifs is 1. The molecule has 0 radical (unpaired) electrons. The smallest absolute Gasteiger partial charge is 0.285 e. The topological polar surface area (TPSA) is 103 Å². The van der Waals surface area contributed by atoms with E-state index >= 15 is 0 Å². The molecule has 0 unspecified atom stereocenters. The van der Waals surface area contributed by atoms with Crippen molar-refractivity contribution in [1.82, 2.24) is 14.9 Å². The molecule has 2 aliphatic rings. The molecule has 2 aliphatic heterocycles. The zero-order valence-corrected chi connectivity index (χ0v) is 14.0. The zero-order valence-electron chi connectivity index (χ0n) is 13.2. The Balaban J connectivity index is 1.54. The first-order valence-electron chi connectivity index (χ1n) is 7.76. The number of hydrogen-bond donors (Lipinski definition) is 0. The third kappa shape index (κ3) is 2.70. The van der Waals surface area contributed by atoms with E-state index in [1.54, 1.807) is 30.5 Å². The van der Waals surface area contributed by atoms with Crippen molar-refractivity contribution in [3.63, 3.8) is 0 Å². The maximum atomic E-state index is 12.2. The quantitative estimate of drug-likeness (QED) is 0.739. The Morgan fingerprint density at radius 3 is 2.52 bits per heavy atom. The molecule has 0 atom stereocenters. The third-order valence-electron chi connectivity index (χ3n) is 4.23. The number of piperazine rings is 1. The van der Waals surface area contributed by atoms with Crippen molar-refractivity contribution in [3.8, 4) is 6.07 Å². The molecule has 4 rings (SSSR count). The van der Waals surface area contributed by atoms with Crippen LogP contribution >= 0.6 is 0 Å². The molecule has 0 bridgehead atoms. The first-order valence-corrected chi connectivity index (χ1v) is 9.20. The summed E-state index contributed by atoms with van der Waals surface area (Å²) in [5, 5.41) is 8.95. The van der Waals surface area contributed by atoms with Gasteiger partial charge < -0.3 is 9.80 Å². The van der Waals surface area contributed by atoms with Crippen LogP contribution in [-0.2, 0) is 10.0 Å². The van der Waals surface area contributed by atoms with E-state index in [0.29, 0.717) is 49.2 Å². The second-order valence-electron chi connectivity index (χ2n) is 5.71. The molecule has 126 valence electrons. The number of benzene rings is 1. The zero-order chi connectivity index (χ0) is 17.4. The van der Waals surface area contributed by atoms with E-state index in [-0.39, 0.29) is 4.90 Å². The minimum absolute atomic E-state index is 0.262. The van der Waals surface area contributed by atoms with Gasteiger partial charge in [-0.15, -0.1) is 4.40 Å². The Kier molecular flexibility index (Phi) is 3.62. The van der Waals surface area contributed by atoms with Gasteiger partial charge in [0.05, 0.1) is 0 Å². The van der Waals surface area contributed by atoms with Crippen LogP contribution in [0.4, 0.5) is 5.95 Å². The van der Waals surface area contributed by atoms with Gasteiger partial charge in [-0.1, -0.05) is 12.1 Å². The summed E-state index contributed by atoms with van der Waals surface area (Å²) >= 11 is 0. The number of rotatable bonds is 1. The van der Waals surface area contributed by atoms with E-state index in [1.807, 2.05) is 21.9 Å². The molecule has 8 nitrogen and oxygen atoms in total. The van der Waals surface area contributed by atoms with Gasteiger partial charge in [-0.3, -0.25) is 0 Å². The van der Waals surface area contributed by atoms with Crippen molar-refractivity contribution >= 4 is 21.8 Å². The molecular weight excluding hydrogens is 340 g/mol. The number of nitriles is 1. The van der Waals surface area contributed by atoms with Crippen LogP contribution in [0.3, 0.4) is 0 Å². The lowest BCUT2D eigenvalue weighted by Crippen LogP contribution is -2.49. The van der Waals surface area contributed by atoms with E-state index < -0.39 is 10.0 Å². The van der Waals surface area contributed by atoms with Crippen LogP contribution in [0.2, 0.25) is 0 Å². The normalized spacial score (nSPS) is 18.4. The van der Waals surface area contributed by atoms with Crippen LogP contribution in [-0.4, -0.2) is 55.3 Å². The van der Waals surface area contributed by atoms with Crippen LogP contribution in [0.25, 0.3) is 0 Å². The van der Waals surface area contributed by atoms with Crippen LogP contribution < -0.4 is 4.90 Å². The molecular formula is C16H14N6O2S. The van der Waals surface area contributed by atoms with E-state index in [2.05, 4.69) is 14.4 Å². The molecule has 1 saturated heterocycles. The van der Waals surface area contributed by atoms with Crippen molar-refractivity contribution in [2.45, 2.75) is 4.90 Å². The van der Waals surface area contributed by atoms with Gasteiger partial charge in [-0.25, -0.2) is 9.97 Å². The number of hydrogen-bond acceptors (Lipinski definition) is 7. The van der Waals surface area contributed by atoms with Crippen LogP contribution in [0, 0.1) is 11.3 Å². The Morgan fingerprint density at radius 2 is 1.76 bits per heavy atom. The molecule has 2 aromatic rings. The van der Waals surface area contributed by atoms with Gasteiger partial charge in [-0.05, 0) is 18.2 Å². The average molecular weight is 354 g/mol. The first-order chi connectivity index (χ1) is 12.1. The van der Waals surface area contributed by atoms with Crippen molar-refractivity contribution in [2.75, 3.05) is 31.1 Å². The van der Waals surface area contributed by atoms with Gasteiger partial charge in [0.1, 0.15) is 16.7 Å². The Labute approximate surface area is 145 Å². The van der Waals surface area contributed by atoms with Gasteiger partial charge in [-0.2, -0.15) is 13.7 Å². The fourth-order valence-corrected chi connectivity index (χ4v) is 4.23. The standard InChI is InChI=1S/C16H14N6O2S/c17-11-12-5-6-18-16(19-12)22-9-7-21(8-10-22)15-13-3-1-2-4-14(13)25(23,24)20-15/h1-6H,7-10H2. The highest BCUT2D eigenvalue weighted by atomic mass is 32.2. The lowest BCUT2D eigenvalue weighted by molar-refractivity contribution is 0.384. The van der Waals surface area contributed by atoms with Gasteiger partial charge in [0, 0.05) is 37.9 Å².